The Kier molecular flexibility index (Phi) is 5.19. The molecule has 0 amide bonds. The number of hydrogen-bond acceptors (Lipinski definition) is 6. The molecule has 1 aromatic rings. The van der Waals surface area contributed by atoms with Crippen molar-refractivity contribution in [1.82, 2.24) is 4.90 Å². The maximum Gasteiger partial charge on any atom is 0.164 e. The van der Waals surface area contributed by atoms with Gasteiger partial charge >= 0.3 is 0 Å². The van der Waals surface area contributed by atoms with E-state index in [1.807, 2.05) is 16.3 Å². The number of thioether (sulfide) groups is 1. The van der Waals surface area contributed by atoms with E-state index in [1.165, 1.54) is 17.6 Å². The SMILES string of the molecule is CS(=O)(=O)C1CSCCN1C(CN)c1cc(Cl)cs1. The molecule has 2 unspecified atom stereocenters. The normalized spacial score (nSPS) is 23.4. The van der Waals surface area contributed by atoms with E-state index in [1.54, 1.807) is 11.8 Å². The first-order valence-corrected chi connectivity index (χ1v) is 10.3. The zero-order valence-electron chi connectivity index (χ0n) is 10.6. The van der Waals surface area contributed by atoms with Gasteiger partial charge in [-0.2, -0.15) is 11.8 Å². The van der Waals surface area contributed by atoms with Gasteiger partial charge in [0.2, 0.25) is 0 Å². The van der Waals surface area contributed by atoms with Gasteiger partial charge in [0.05, 0.1) is 11.1 Å². The number of halogens is 1. The van der Waals surface area contributed by atoms with Gasteiger partial charge in [0.25, 0.3) is 0 Å². The molecular formula is C11H17ClN2O2S3. The van der Waals surface area contributed by atoms with Crippen molar-refractivity contribution in [2.24, 2.45) is 5.73 Å². The fourth-order valence-corrected chi connectivity index (χ4v) is 6.38. The van der Waals surface area contributed by atoms with Crippen LogP contribution < -0.4 is 5.73 Å². The summed E-state index contributed by atoms with van der Waals surface area (Å²) in [6, 6.07) is 1.81. The Morgan fingerprint density at radius 3 is 2.89 bits per heavy atom. The van der Waals surface area contributed by atoms with Crippen LogP contribution in [-0.2, 0) is 9.84 Å². The van der Waals surface area contributed by atoms with Crippen LogP contribution in [0.25, 0.3) is 0 Å². The van der Waals surface area contributed by atoms with E-state index in [0.29, 0.717) is 17.3 Å². The van der Waals surface area contributed by atoms with Gasteiger partial charge in [-0.1, -0.05) is 11.6 Å². The van der Waals surface area contributed by atoms with E-state index >= 15 is 0 Å². The maximum absolute atomic E-state index is 11.9. The largest absolute Gasteiger partial charge is 0.329 e. The van der Waals surface area contributed by atoms with Gasteiger partial charge < -0.3 is 5.73 Å². The van der Waals surface area contributed by atoms with Crippen LogP contribution in [0, 0.1) is 0 Å². The molecule has 1 aliphatic heterocycles. The highest BCUT2D eigenvalue weighted by Crippen LogP contribution is 2.33. The summed E-state index contributed by atoms with van der Waals surface area (Å²) in [6.07, 6.45) is 1.30. The van der Waals surface area contributed by atoms with E-state index in [4.69, 9.17) is 17.3 Å². The van der Waals surface area contributed by atoms with Crippen LogP contribution in [0.3, 0.4) is 0 Å². The minimum atomic E-state index is -3.11. The van der Waals surface area contributed by atoms with Crippen LogP contribution in [0.2, 0.25) is 5.02 Å². The number of sulfone groups is 1. The van der Waals surface area contributed by atoms with E-state index in [-0.39, 0.29) is 6.04 Å². The van der Waals surface area contributed by atoms with Gasteiger partial charge in [-0.05, 0) is 6.07 Å². The molecule has 0 bridgehead atoms. The van der Waals surface area contributed by atoms with Gasteiger partial charge in [0.15, 0.2) is 9.84 Å². The summed E-state index contributed by atoms with van der Waals surface area (Å²) in [5, 5.41) is 2.08. The molecule has 0 aromatic carbocycles. The third kappa shape index (κ3) is 3.65. The molecule has 0 spiro atoms. The Morgan fingerprint density at radius 1 is 1.63 bits per heavy atom. The molecule has 1 aromatic heterocycles. The van der Waals surface area contributed by atoms with Crippen LogP contribution >= 0.6 is 34.7 Å². The minimum Gasteiger partial charge on any atom is -0.329 e. The van der Waals surface area contributed by atoms with Crippen molar-refractivity contribution in [3.8, 4) is 0 Å². The quantitative estimate of drug-likeness (QED) is 0.905. The second-order valence-corrected chi connectivity index (χ2v) is 9.25. The molecule has 1 fully saturated rings. The molecule has 4 nitrogen and oxygen atoms in total. The second kappa shape index (κ2) is 6.32. The first kappa shape index (κ1) is 15.6. The Labute approximate surface area is 127 Å². The number of nitrogens with two attached hydrogens (primary N) is 1. The fourth-order valence-electron chi connectivity index (χ4n) is 2.24. The molecule has 2 N–H and O–H groups in total. The minimum absolute atomic E-state index is 0.0712. The summed E-state index contributed by atoms with van der Waals surface area (Å²) in [6.45, 7) is 1.13. The van der Waals surface area contributed by atoms with Crippen LogP contribution in [0.1, 0.15) is 10.9 Å². The molecule has 1 saturated heterocycles. The zero-order valence-corrected chi connectivity index (χ0v) is 13.8. The van der Waals surface area contributed by atoms with Crippen LogP contribution in [0.5, 0.6) is 0 Å². The lowest BCUT2D eigenvalue weighted by Gasteiger charge is -2.39. The molecule has 108 valence electrons. The van der Waals surface area contributed by atoms with Crippen molar-refractivity contribution < 1.29 is 8.42 Å². The van der Waals surface area contributed by atoms with E-state index in [2.05, 4.69) is 0 Å². The van der Waals surface area contributed by atoms with Crippen molar-refractivity contribution in [2.45, 2.75) is 11.4 Å². The second-order valence-electron chi connectivity index (χ2n) is 4.52. The van der Waals surface area contributed by atoms with Crippen LogP contribution in [0.4, 0.5) is 0 Å². The molecule has 19 heavy (non-hydrogen) atoms. The van der Waals surface area contributed by atoms with Crippen molar-refractivity contribution >= 4 is 44.5 Å². The zero-order chi connectivity index (χ0) is 14.0. The van der Waals surface area contributed by atoms with E-state index in [0.717, 1.165) is 17.2 Å². The van der Waals surface area contributed by atoms with Gasteiger partial charge in [0, 0.05) is 41.1 Å². The topological polar surface area (TPSA) is 63.4 Å². The van der Waals surface area contributed by atoms with Gasteiger partial charge in [-0.3, -0.25) is 4.90 Å². The standard InChI is InChI=1S/C11H17ClN2O2S3/c1-19(15,16)11-7-17-3-2-14(11)9(5-13)10-4-8(12)6-18-10/h4,6,9,11H,2-3,5,7,13H2,1H3. The van der Waals surface area contributed by atoms with Crippen molar-refractivity contribution in [3.63, 3.8) is 0 Å². The first-order valence-electron chi connectivity index (χ1n) is 5.90. The highest BCUT2D eigenvalue weighted by atomic mass is 35.5. The lowest BCUT2D eigenvalue weighted by atomic mass is 10.2. The predicted molar refractivity (Wildman–Crippen MR) is 83.8 cm³/mol. The Morgan fingerprint density at radius 2 is 2.37 bits per heavy atom. The molecule has 2 heterocycles. The molecule has 0 saturated carbocycles. The number of rotatable bonds is 4. The monoisotopic (exact) mass is 340 g/mol. The molecule has 2 rings (SSSR count). The molecular weight excluding hydrogens is 324 g/mol. The Balaban J connectivity index is 2.29. The number of nitrogens with zero attached hydrogens (tertiary/aromatic N) is 1. The molecule has 1 aliphatic rings. The highest BCUT2D eigenvalue weighted by molar-refractivity contribution is 8.00. The van der Waals surface area contributed by atoms with Gasteiger partial charge in [-0.25, -0.2) is 8.42 Å². The van der Waals surface area contributed by atoms with E-state index < -0.39 is 15.2 Å². The van der Waals surface area contributed by atoms with Crippen LogP contribution in [0.15, 0.2) is 11.4 Å². The lowest BCUT2D eigenvalue weighted by Crippen LogP contribution is -2.50. The maximum atomic E-state index is 11.9. The molecule has 0 radical (unpaired) electrons. The number of thiophene rings is 1. The summed E-state index contributed by atoms with van der Waals surface area (Å²) in [7, 11) is -3.11. The average molecular weight is 341 g/mol. The van der Waals surface area contributed by atoms with Crippen molar-refractivity contribution in [2.75, 3.05) is 30.9 Å². The highest BCUT2D eigenvalue weighted by Gasteiger charge is 2.36. The Hall–Kier alpha value is 0.210. The summed E-state index contributed by atoms with van der Waals surface area (Å²) in [5.74, 6) is 1.54. The van der Waals surface area contributed by atoms with E-state index in [9.17, 15) is 8.42 Å². The fraction of sp³-hybridized carbons (Fsp3) is 0.636. The summed E-state index contributed by atoms with van der Waals surface area (Å²) >= 11 is 9.17. The number of hydrogen-bond donors (Lipinski definition) is 1. The van der Waals surface area contributed by atoms with Crippen LogP contribution in [-0.4, -0.2) is 49.5 Å². The van der Waals surface area contributed by atoms with Gasteiger partial charge in [-0.15, -0.1) is 11.3 Å². The molecule has 0 aliphatic carbocycles. The first-order chi connectivity index (χ1) is 8.93. The third-order valence-corrected chi connectivity index (χ3v) is 7.20. The summed E-state index contributed by atoms with van der Waals surface area (Å²) in [5.41, 5.74) is 5.87. The molecule has 2 atom stereocenters. The summed E-state index contributed by atoms with van der Waals surface area (Å²) < 4.78 is 23.9. The van der Waals surface area contributed by atoms with Crippen molar-refractivity contribution in [3.05, 3.63) is 21.3 Å². The average Bonchev–Trinajstić information content (AvgIpc) is 2.76. The lowest BCUT2D eigenvalue weighted by molar-refractivity contribution is 0.200. The third-order valence-electron chi connectivity index (χ3n) is 3.16. The Bertz CT molecular complexity index is 532. The summed E-state index contributed by atoms with van der Waals surface area (Å²) in [4.78, 5) is 3.04. The predicted octanol–water partition coefficient (Wildman–Crippen LogP) is 1.82. The van der Waals surface area contributed by atoms with Gasteiger partial charge in [0.1, 0.15) is 5.37 Å². The molecule has 8 heteroatoms. The van der Waals surface area contributed by atoms with Crippen molar-refractivity contribution in [1.29, 1.82) is 0 Å². The smallest absolute Gasteiger partial charge is 0.164 e.